The molecule has 6 saturated heterocycles. The highest BCUT2D eigenvalue weighted by Gasteiger charge is 2.59. The quantitative estimate of drug-likeness (QED) is 0.0193. The average Bonchev–Trinajstić information content (AvgIpc) is 0.784. The predicted octanol–water partition coefficient (Wildman–Crippen LogP) is 7.60. The molecule has 0 radical (unpaired) electrons. The smallest absolute Gasteiger partial charge is 0.331 e. The van der Waals surface area contributed by atoms with E-state index in [4.69, 9.17) is 66.3 Å². The molecule has 0 spiro atoms. The molecule has 97 heavy (non-hydrogen) atoms. The highest BCUT2D eigenvalue weighted by molar-refractivity contribution is 5.87. The second kappa shape index (κ2) is 40.7. The Morgan fingerprint density at radius 2 is 1.05 bits per heavy atom. The first-order chi connectivity index (χ1) is 46.5. The van der Waals surface area contributed by atoms with Crippen LogP contribution in [0, 0.1) is 5.92 Å². The number of carbonyl (C=O) groups excluding carboxylic acids is 4. The van der Waals surface area contributed by atoms with Crippen LogP contribution in [0.15, 0.2) is 36.4 Å². The van der Waals surface area contributed by atoms with Gasteiger partial charge in [0.2, 0.25) is 0 Å². The minimum atomic E-state index is -1.95. The van der Waals surface area contributed by atoms with Gasteiger partial charge >= 0.3 is 23.9 Å². The van der Waals surface area contributed by atoms with E-state index in [0.717, 1.165) is 109 Å². The summed E-state index contributed by atoms with van der Waals surface area (Å²) in [6.07, 6.45) is -17.9. The molecular weight excluding hydrogens is 1260 g/mol. The number of unbranched alkanes of at least 4 members (excludes halogenated alkanes) is 10. The number of rotatable bonds is 27. The Morgan fingerprint density at radius 1 is 0.495 bits per heavy atom. The fourth-order valence-corrected chi connectivity index (χ4v) is 13.3. The van der Waals surface area contributed by atoms with Gasteiger partial charge in [-0.3, -0.25) is 14.4 Å². The van der Waals surface area contributed by atoms with E-state index in [2.05, 4.69) is 13.8 Å². The molecule has 0 saturated carbocycles. The SMILES string of the molecule is CCCCCCCCCCCC(=O)O[C@H]1[C@H](O[C@@H]2[C@H]3OC(=O)CCCCCCCCCC(CCCCC)O[C@@H]4O[C@H](C)[C@H](O)[C@H](O)[C@H]4O[C@H](O[C@H]2C)[C@@H]3O)O[C@@H](C)[C@H](O[C@@H]2O[C@@H](C)[C@H](OC(=O)[C@@H](C)CC)[C@@H](O)[C@H]2OC(=O)/C=C/c2ccccc2)[C@H]1O[C@@H]1O[C@@H](C)[C@H](O)[C@@H](O)[C@H]1O. The summed E-state index contributed by atoms with van der Waals surface area (Å²) in [5.41, 5.74) is 0.645. The Bertz CT molecular complexity index is 2490. The number of aliphatic hydroxyl groups excluding tert-OH is 7. The van der Waals surface area contributed by atoms with Crippen LogP contribution < -0.4 is 0 Å². The van der Waals surface area contributed by atoms with Gasteiger partial charge in [-0.1, -0.05) is 167 Å². The lowest BCUT2D eigenvalue weighted by atomic mass is 9.95. The maximum absolute atomic E-state index is 14.6. The van der Waals surface area contributed by atoms with Crippen molar-refractivity contribution in [3.05, 3.63) is 42.0 Å². The third-order valence-electron chi connectivity index (χ3n) is 19.6. The summed E-state index contributed by atoms with van der Waals surface area (Å²) in [5.74, 6) is -3.66. The number of hydrogen-bond acceptors (Lipinski definition) is 25. The van der Waals surface area contributed by atoms with Gasteiger partial charge in [0, 0.05) is 18.9 Å². The molecule has 1 aromatic rings. The molecule has 6 aliphatic rings. The summed E-state index contributed by atoms with van der Waals surface area (Å²) in [7, 11) is 0. The van der Waals surface area contributed by atoms with Crippen molar-refractivity contribution in [2.24, 2.45) is 5.92 Å². The van der Waals surface area contributed by atoms with Crippen molar-refractivity contribution in [1.29, 1.82) is 0 Å². The summed E-state index contributed by atoms with van der Waals surface area (Å²) >= 11 is 0. The second-order valence-corrected chi connectivity index (χ2v) is 27.5. The fourth-order valence-electron chi connectivity index (χ4n) is 13.3. The maximum atomic E-state index is 14.6. The zero-order valence-electron chi connectivity index (χ0n) is 58.6. The van der Waals surface area contributed by atoms with Crippen molar-refractivity contribution in [3.63, 3.8) is 0 Å². The molecule has 2 bridgehead atoms. The van der Waals surface area contributed by atoms with E-state index in [1.807, 2.05) is 0 Å². The largest absolute Gasteiger partial charge is 0.456 e. The van der Waals surface area contributed by atoms with Crippen molar-refractivity contribution in [3.8, 4) is 0 Å². The molecule has 25 heteroatoms. The summed E-state index contributed by atoms with van der Waals surface area (Å²) in [5, 5.41) is 81.8. The monoisotopic (exact) mass is 1380 g/mol. The first kappa shape index (κ1) is 80.5. The standard InChI is InChI=1S/C72H116O25/c1-10-13-15-16-17-18-21-24-32-38-50(74)92-66-65(97-68-56(80)54(78)52(76)42(5)84-68)61(95-71-64(91-51(75)40-39-47-33-28-26-29-34-47)57(81)59(44(7)87-71)93-67(83)41(4)12-3)46(9)88-72(66)94-60-45(8)86-69-58(82)62(60)90-49(73)37-31-25-22-19-20-23-30-36-48(35-27-14-11-2)89-70-63(96-69)55(79)53(77)43(6)85-70/h26,28-29,33-34,39-46,48,52-66,68-72,76-82H,10-25,27,30-32,35-38H2,1-9H3/b40-39+/t41-,42-,43+,44-,45-,46-,48?,52-,53-,54+,55-,56+,57+,58+,59-,60-,61-,62-,63+,64+,65+,66+,68-,69-,70-,71-,72-/m0/s1. The third-order valence-corrected chi connectivity index (χ3v) is 19.6. The zero-order chi connectivity index (χ0) is 70.3. The second-order valence-electron chi connectivity index (χ2n) is 27.5. The van der Waals surface area contributed by atoms with Crippen LogP contribution in [-0.4, -0.2) is 219 Å². The van der Waals surface area contributed by atoms with Crippen LogP contribution in [-0.2, 0) is 85.5 Å². The van der Waals surface area contributed by atoms with Crippen LogP contribution in [0.5, 0.6) is 0 Å². The van der Waals surface area contributed by atoms with Crippen LogP contribution >= 0.6 is 0 Å². The molecule has 6 fully saturated rings. The van der Waals surface area contributed by atoms with Gasteiger partial charge in [0.1, 0.15) is 67.1 Å². The van der Waals surface area contributed by atoms with Crippen LogP contribution in [0.25, 0.3) is 6.08 Å². The average molecular weight is 1380 g/mol. The Labute approximate surface area is 573 Å². The predicted molar refractivity (Wildman–Crippen MR) is 350 cm³/mol. The molecule has 1 aromatic carbocycles. The minimum absolute atomic E-state index is 0.0454. The zero-order valence-corrected chi connectivity index (χ0v) is 58.6. The number of fused-ring (bicyclic) bond motifs is 3. The van der Waals surface area contributed by atoms with E-state index in [1.54, 1.807) is 58.0 Å². The summed E-state index contributed by atoms with van der Waals surface area (Å²) in [6.45, 7) is 15.4. The van der Waals surface area contributed by atoms with Gasteiger partial charge in [0.05, 0.1) is 42.5 Å². The van der Waals surface area contributed by atoms with Crippen LogP contribution in [0.2, 0.25) is 0 Å². The molecular formula is C72H116O25. The van der Waals surface area contributed by atoms with Crippen molar-refractivity contribution in [1.82, 2.24) is 0 Å². The number of aliphatic hydroxyl groups is 7. The van der Waals surface area contributed by atoms with Crippen LogP contribution in [0.3, 0.4) is 0 Å². The summed E-state index contributed by atoms with van der Waals surface area (Å²) in [4.78, 5) is 56.1. The van der Waals surface area contributed by atoms with Gasteiger partial charge in [-0.05, 0) is 78.4 Å². The van der Waals surface area contributed by atoms with Gasteiger partial charge in [0.15, 0.2) is 55.9 Å². The first-order valence-corrected chi connectivity index (χ1v) is 36.4. The molecule has 0 aromatic heterocycles. The van der Waals surface area contributed by atoms with Crippen molar-refractivity contribution >= 4 is 30.0 Å². The molecule has 0 aliphatic carbocycles. The normalized spacial score (nSPS) is 38.5. The van der Waals surface area contributed by atoms with Gasteiger partial charge in [-0.2, -0.15) is 0 Å². The number of benzene rings is 1. The molecule has 554 valence electrons. The number of carbonyl (C=O) groups is 4. The molecule has 1 unspecified atom stereocenters. The van der Waals surface area contributed by atoms with Crippen molar-refractivity contribution < 1.29 is 121 Å². The Kier molecular flexibility index (Phi) is 33.8. The molecule has 25 nitrogen and oxygen atoms in total. The molecule has 7 rings (SSSR count). The van der Waals surface area contributed by atoms with Crippen LogP contribution in [0.4, 0.5) is 0 Å². The lowest BCUT2D eigenvalue weighted by Gasteiger charge is -2.51. The Balaban J connectivity index is 1.27. The van der Waals surface area contributed by atoms with Gasteiger partial charge in [-0.25, -0.2) is 4.79 Å². The number of esters is 4. The first-order valence-electron chi connectivity index (χ1n) is 36.4. The summed E-state index contributed by atoms with van der Waals surface area (Å²) < 4.78 is 90.1. The topological polar surface area (TPSA) is 339 Å². The van der Waals surface area contributed by atoms with Gasteiger partial charge < -0.3 is 102 Å². The summed E-state index contributed by atoms with van der Waals surface area (Å²) in [6, 6.07) is 8.86. The third kappa shape index (κ3) is 23.3. The van der Waals surface area contributed by atoms with Gasteiger partial charge in [-0.15, -0.1) is 0 Å². The van der Waals surface area contributed by atoms with Crippen molar-refractivity contribution in [2.45, 2.75) is 376 Å². The van der Waals surface area contributed by atoms with E-state index < -0.39 is 183 Å². The van der Waals surface area contributed by atoms with E-state index in [1.165, 1.54) is 26.8 Å². The number of ether oxygens (including phenoxy) is 14. The lowest BCUT2D eigenvalue weighted by Crippen LogP contribution is -2.68. The Hall–Kier alpha value is -3.84. The molecule has 6 aliphatic heterocycles. The molecule has 27 atom stereocenters. The Morgan fingerprint density at radius 3 is 1.73 bits per heavy atom. The fraction of sp³-hybridized carbons (Fsp3) is 0.833. The minimum Gasteiger partial charge on any atom is -0.456 e. The van der Waals surface area contributed by atoms with E-state index in [9.17, 15) is 54.9 Å². The number of hydrogen-bond donors (Lipinski definition) is 7. The van der Waals surface area contributed by atoms with Gasteiger partial charge in [0.25, 0.3) is 0 Å². The molecule has 6 heterocycles. The molecule has 0 amide bonds. The van der Waals surface area contributed by atoms with Crippen molar-refractivity contribution in [2.75, 3.05) is 0 Å². The lowest BCUT2D eigenvalue weighted by molar-refractivity contribution is -0.399. The highest BCUT2D eigenvalue weighted by Crippen LogP contribution is 2.40. The highest BCUT2D eigenvalue weighted by atomic mass is 16.8. The van der Waals surface area contributed by atoms with E-state index in [0.29, 0.717) is 44.1 Å². The van der Waals surface area contributed by atoms with E-state index >= 15 is 0 Å². The van der Waals surface area contributed by atoms with Crippen LogP contribution in [0.1, 0.15) is 222 Å². The maximum Gasteiger partial charge on any atom is 0.331 e. The van der Waals surface area contributed by atoms with E-state index in [-0.39, 0.29) is 18.9 Å². The molecule has 7 N–H and O–H groups in total.